The molecular weight excluding hydrogens is 296 g/mol. The second-order valence-electron chi connectivity index (χ2n) is 6.97. The third-order valence-corrected chi connectivity index (χ3v) is 4.74. The summed E-state index contributed by atoms with van der Waals surface area (Å²) in [6.45, 7) is 6.62. The van der Waals surface area contributed by atoms with Crippen LogP contribution in [0.4, 0.5) is 0 Å². The first-order chi connectivity index (χ1) is 10.9. The maximum Gasteiger partial charge on any atom is 0.272 e. The molecule has 1 atom stereocenters. The average Bonchev–Trinajstić information content (AvgIpc) is 3.10. The number of amides is 2. The van der Waals surface area contributed by atoms with Crippen molar-refractivity contribution in [2.24, 2.45) is 5.41 Å². The Hall–Kier alpha value is -1.89. The number of nitrogens with zero attached hydrogens (tertiary/aromatic N) is 4. The van der Waals surface area contributed by atoms with Gasteiger partial charge in [0.1, 0.15) is 12.3 Å². The quantitative estimate of drug-likeness (QED) is 0.808. The average molecular weight is 320 g/mol. The van der Waals surface area contributed by atoms with Gasteiger partial charge in [-0.05, 0) is 26.3 Å². The lowest BCUT2D eigenvalue weighted by atomic mass is 9.88. The fraction of sp³-hybridized carbons (Fsp3) is 0.688. The lowest BCUT2D eigenvalue weighted by Gasteiger charge is -2.30. The Labute approximate surface area is 136 Å². The van der Waals surface area contributed by atoms with Crippen molar-refractivity contribution in [2.45, 2.75) is 26.3 Å². The first kappa shape index (κ1) is 16.0. The molecule has 3 rings (SSSR count). The third-order valence-electron chi connectivity index (χ3n) is 4.74. The highest BCUT2D eigenvalue weighted by atomic mass is 16.5. The van der Waals surface area contributed by atoms with E-state index in [0.29, 0.717) is 31.9 Å². The summed E-state index contributed by atoms with van der Waals surface area (Å²) in [6.07, 6.45) is 2.52. The molecule has 7 nitrogen and oxygen atoms in total. The highest BCUT2D eigenvalue weighted by Crippen LogP contribution is 2.34. The van der Waals surface area contributed by atoms with E-state index in [2.05, 4.69) is 5.10 Å². The van der Waals surface area contributed by atoms with Gasteiger partial charge in [-0.1, -0.05) is 0 Å². The summed E-state index contributed by atoms with van der Waals surface area (Å²) in [5.41, 5.74) is 0.468. The molecule has 1 spiro atoms. The number of carbonyl (C=O) groups excluding carboxylic acids is 2. The molecule has 0 saturated carbocycles. The predicted molar refractivity (Wildman–Crippen MR) is 84.0 cm³/mol. The van der Waals surface area contributed by atoms with E-state index in [1.807, 2.05) is 18.7 Å². The maximum absolute atomic E-state index is 12.8. The molecule has 1 aromatic heterocycles. The normalized spacial score (nSPS) is 25.5. The Morgan fingerprint density at radius 2 is 2.17 bits per heavy atom. The molecule has 23 heavy (non-hydrogen) atoms. The van der Waals surface area contributed by atoms with E-state index < -0.39 is 0 Å². The van der Waals surface area contributed by atoms with Crippen molar-refractivity contribution in [3.63, 3.8) is 0 Å². The molecule has 1 unspecified atom stereocenters. The van der Waals surface area contributed by atoms with Crippen LogP contribution in [0.5, 0.6) is 0 Å². The molecule has 2 aliphatic heterocycles. The zero-order valence-electron chi connectivity index (χ0n) is 14.0. The van der Waals surface area contributed by atoms with Gasteiger partial charge in [-0.2, -0.15) is 5.10 Å². The minimum atomic E-state index is -0.154. The summed E-state index contributed by atoms with van der Waals surface area (Å²) in [7, 11) is 1.80. The molecular formula is C16H24N4O3. The molecule has 3 heterocycles. The zero-order valence-corrected chi connectivity index (χ0v) is 14.0. The molecule has 2 fully saturated rings. The van der Waals surface area contributed by atoms with Crippen molar-refractivity contribution in [1.82, 2.24) is 19.6 Å². The minimum absolute atomic E-state index is 0.00420. The number of carbonyl (C=O) groups is 2. The van der Waals surface area contributed by atoms with Gasteiger partial charge in [0.25, 0.3) is 5.91 Å². The van der Waals surface area contributed by atoms with E-state index in [9.17, 15) is 9.59 Å². The molecule has 2 aliphatic rings. The molecule has 0 aliphatic carbocycles. The number of likely N-dealkylation sites (N-methyl/N-ethyl adjacent to an activating group) is 1. The van der Waals surface area contributed by atoms with Crippen LogP contribution in [0.25, 0.3) is 0 Å². The largest absolute Gasteiger partial charge is 0.371 e. The lowest BCUT2D eigenvalue weighted by molar-refractivity contribution is -0.132. The maximum atomic E-state index is 12.8. The van der Waals surface area contributed by atoms with E-state index >= 15 is 0 Å². The van der Waals surface area contributed by atoms with Gasteiger partial charge >= 0.3 is 0 Å². The van der Waals surface area contributed by atoms with Crippen molar-refractivity contribution >= 4 is 11.8 Å². The van der Waals surface area contributed by atoms with Gasteiger partial charge in [-0.15, -0.1) is 0 Å². The molecule has 0 radical (unpaired) electrons. The first-order valence-electron chi connectivity index (χ1n) is 8.06. The minimum Gasteiger partial charge on any atom is -0.371 e. The van der Waals surface area contributed by atoms with Gasteiger partial charge in [-0.25, -0.2) is 0 Å². The fourth-order valence-electron chi connectivity index (χ4n) is 3.51. The number of hydrogen-bond acceptors (Lipinski definition) is 4. The Balaban J connectivity index is 1.75. The smallest absolute Gasteiger partial charge is 0.272 e. The van der Waals surface area contributed by atoms with Crippen molar-refractivity contribution < 1.29 is 14.3 Å². The van der Waals surface area contributed by atoms with Crippen LogP contribution in [-0.4, -0.2) is 71.3 Å². The van der Waals surface area contributed by atoms with Crippen LogP contribution in [0.2, 0.25) is 0 Å². The molecule has 2 amide bonds. The van der Waals surface area contributed by atoms with E-state index in [1.165, 1.54) is 0 Å². The summed E-state index contributed by atoms with van der Waals surface area (Å²) in [4.78, 5) is 28.2. The highest BCUT2D eigenvalue weighted by molar-refractivity contribution is 5.92. The summed E-state index contributed by atoms with van der Waals surface area (Å²) < 4.78 is 7.31. The third kappa shape index (κ3) is 2.97. The molecule has 0 N–H and O–H groups in total. The van der Waals surface area contributed by atoms with Crippen LogP contribution in [-0.2, 0) is 9.53 Å². The Morgan fingerprint density at radius 1 is 1.39 bits per heavy atom. The van der Waals surface area contributed by atoms with Gasteiger partial charge in [-0.3, -0.25) is 14.3 Å². The fourth-order valence-corrected chi connectivity index (χ4v) is 3.51. The van der Waals surface area contributed by atoms with Gasteiger partial charge in [0.05, 0.1) is 6.61 Å². The van der Waals surface area contributed by atoms with Crippen LogP contribution in [0.15, 0.2) is 12.3 Å². The van der Waals surface area contributed by atoms with Gasteiger partial charge in [0, 0.05) is 44.3 Å². The number of aromatic nitrogens is 2. The van der Waals surface area contributed by atoms with Gasteiger partial charge < -0.3 is 14.5 Å². The summed E-state index contributed by atoms with van der Waals surface area (Å²) in [6, 6.07) is 1.91. The van der Waals surface area contributed by atoms with E-state index in [1.54, 1.807) is 28.9 Å². The van der Waals surface area contributed by atoms with Gasteiger partial charge in [0.2, 0.25) is 5.91 Å². The van der Waals surface area contributed by atoms with Crippen LogP contribution >= 0.6 is 0 Å². The van der Waals surface area contributed by atoms with Crippen LogP contribution in [0.3, 0.4) is 0 Å². The topological polar surface area (TPSA) is 67.7 Å². The Bertz CT molecular complexity index is 612. The van der Waals surface area contributed by atoms with Crippen molar-refractivity contribution in [2.75, 3.05) is 39.9 Å². The molecule has 2 saturated heterocycles. The second-order valence-corrected chi connectivity index (χ2v) is 6.97. The highest BCUT2D eigenvalue weighted by Gasteiger charge is 2.43. The zero-order chi connectivity index (χ0) is 16.6. The van der Waals surface area contributed by atoms with E-state index in [-0.39, 0.29) is 29.9 Å². The summed E-state index contributed by atoms with van der Waals surface area (Å²) >= 11 is 0. The number of likely N-dealkylation sites (tertiary alicyclic amines) is 1. The summed E-state index contributed by atoms with van der Waals surface area (Å²) in [5, 5.41) is 4.24. The van der Waals surface area contributed by atoms with Crippen LogP contribution in [0, 0.1) is 5.41 Å². The Kier molecular flexibility index (Phi) is 4.14. The molecule has 126 valence electrons. The summed E-state index contributed by atoms with van der Waals surface area (Å²) in [5.74, 6) is 0.0100. The first-order valence-corrected chi connectivity index (χ1v) is 8.06. The van der Waals surface area contributed by atoms with Crippen molar-refractivity contribution in [3.05, 3.63) is 18.0 Å². The van der Waals surface area contributed by atoms with Crippen molar-refractivity contribution in [3.8, 4) is 0 Å². The molecule has 1 aromatic rings. The molecule has 7 heteroatoms. The lowest BCUT2D eigenvalue weighted by Crippen LogP contribution is -2.41. The number of hydrogen-bond donors (Lipinski definition) is 0. The van der Waals surface area contributed by atoms with Crippen LogP contribution < -0.4 is 0 Å². The predicted octanol–water partition coefficient (Wildman–Crippen LogP) is 0.785. The standard InChI is InChI=1S/C16H24N4O3/c1-12(2)20-13(4-6-17-20)15(22)19-7-5-16(10-19)9-18(3)14(21)8-23-11-16/h4,6,12H,5,7-11H2,1-3H3. The number of rotatable bonds is 2. The van der Waals surface area contributed by atoms with Crippen molar-refractivity contribution in [1.29, 1.82) is 0 Å². The van der Waals surface area contributed by atoms with E-state index in [0.717, 1.165) is 6.42 Å². The molecule has 0 aromatic carbocycles. The molecule has 0 bridgehead atoms. The van der Waals surface area contributed by atoms with E-state index in [4.69, 9.17) is 4.74 Å². The van der Waals surface area contributed by atoms with Gasteiger partial charge in [0.15, 0.2) is 0 Å². The monoisotopic (exact) mass is 320 g/mol. The Morgan fingerprint density at radius 3 is 2.91 bits per heavy atom. The second kappa shape index (κ2) is 5.96. The number of ether oxygens (including phenoxy) is 1. The SMILES string of the molecule is CC(C)n1nccc1C(=O)N1CCC2(COCC(=O)N(C)C2)C1. The van der Waals surface area contributed by atoms with Crippen LogP contribution in [0.1, 0.15) is 36.8 Å².